The molecule has 1 aliphatic rings. The van der Waals surface area contributed by atoms with Crippen molar-refractivity contribution < 1.29 is 14.3 Å². The molecule has 0 saturated carbocycles. The predicted octanol–water partition coefficient (Wildman–Crippen LogP) is 3.65. The van der Waals surface area contributed by atoms with Crippen molar-refractivity contribution in [2.45, 2.75) is 32.7 Å². The molecule has 0 bridgehead atoms. The van der Waals surface area contributed by atoms with Crippen molar-refractivity contribution in [3.05, 3.63) is 36.5 Å². The Labute approximate surface area is 165 Å². The molecule has 1 amide bonds. The topological polar surface area (TPSA) is 88.6 Å². The van der Waals surface area contributed by atoms with Gasteiger partial charge < -0.3 is 25.0 Å². The summed E-state index contributed by atoms with van der Waals surface area (Å²) in [5, 5.41) is 6.65. The quantitative estimate of drug-likeness (QED) is 0.752. The van der Waals surface area contributed by atoms with Crippen molar-refractivity contribution in [1.29, 1.82) is 0 Å². The van der Waals surface area contributed by atoms with Crippen molar-refractivity contribution in [2.75, 3.05) is 36.9 Å². The molecule has 1 aliphatic heterocycles. The summed E-state index contributed by atoms with van der Waals surface area (Å²) >= 11 is 0. The van der Waals surface area contributed by atoms with E-state index in [0.717, 1.165) is 30.1 Å². The largest absolute Gasteiger partial charge is 0.492 e. The van der Waals surface area contributed by atoms with Crippen molar-refractivity contribution in [3.63, 3.8) is 0 Å². The zero-order valence-electron chi connectivity index (χ0n) is 16.4. The maximum Gasteiger partial charge on any atom is 0.409 e. The molecule has 150 valence electrons. The second kappa shape index (κ2) is 9.77. The van der Waals surface area contributed by atoms with Crippen LogP contribution in [0.15, 0.2) is 36.5 Å². The summed E-state index contributed by atoms with van der Waals surface area (Å²) in [4.78, 5) is 22.4. The Morgan fingerprint density at radius 2 is 1.96 bits per heavy atom. The number of carbonyl (C=O) groups excluding carboxylic acids is 1. The van der Waals surface area contributed by atoms with Crippen LogP contribution in [0.2, 0.25) is 0 Å². The molecular weight excluding hydrogens is 358 g/mol. The molecule has 8 heteroatoms. The van der Waals surface area contributed by atoms with Crippen LogP contribution in [-0.4, -0.2) is 53.3 Å². The number of carbonyl (C=O) groups is 1. The first-order valence-electron chi connectivity index (χ1n) is 9.69. The van der Waals surface area contributed by atoms with Crippen LogP contribution < -0.4 is 15.4 Å². The van der Waals surface area contributed by atoms with Crippen molar-refractivity contribution in [2.24, 2.45) is 0 Å². The number of para-hydroxylation sites is 2. The fourth-order valence-electron chi connectivity index (χ4n) is 3.10. The number of piperidine rings is 1. The molecule has 0 radical (unpaired) electrons. The predicted molar refractivity (Wildman–Crippen MR) is 108 cm³/mol. The van der Waals surface area contributed by atoms with E-state index in [-0.39, 0.29) is 12.1 Å². The van der Waals surface area contributed by atoms with Gasteiger partial charge in [-0.25, -0.2) is 9.78 Å². The van der Waals surface area contributed by atoms with Gasteiger partial charge in [0.05, 0.1) is 18.9 Å². The van der Waals surface area contributed by atoms with Crippen LogP contribution in [-0.2, 0) is 4.74 Å². The third kappa shape index (κ3) is 5.25. The minimum atomic E-state index is -0.234. The molecule has 0 atom stereocenters. The summed E-state index contributed by atoms with van der Waals surface area (Å²) in [5.41, 5.74) is 0.823. The molecule has 2 aromatic rings. The number of likely N-dealkylation sites (tertiary alicyclic amines) is 1. The average molecular weight is 385 g/mol. The van der Waals surface area contributed by atoms with Gasteiger partial charge in [0.1, 0.15) is 11.6 Å². The average Bonchev–Trinajstić information content (AvgIpc) is 2.71. The summed E-state index contributed by atoms with van der Waals surface area (Å²) in [5.74, 6) is 2.01. The van der Waals surface area contributed by atoms with Crippen LogP contribution in [0.25, 0.3) is 0 Å². The minimum absolute atomic E-state index is 0.234. The number of hydrogen-bond acceptors (Lipinski definition) is 7. The molecule has 0 spiro atoms. The van der Waals surface area contributed by atoms with Gasteiger partial charge in [-0.05, 0) is 44.9 Å². The van der Waals surface area contributed by atoms with Gasteiger partial charge in [0, 0.05) is 25.3 Å². The van der Waals surface area contributed by atoms with Gasteiger partial charge in [-0.15, -0.1) is 0 Å². The van der Waals surface area contributed by atoms with E-state index in [1.54, 1.807) is 11.1 Å². The lowest BCUT2D eigenvalue weighted by Gasteiger charge is -2.31. The molecule has 0 unspecified atom stereocenters. The van der Waals surface area contributed by atoms with E-state index in [1.807, 2.05) is 44.2 Å². The molecule has 28 heavy (non-hydrogen) atoms. The summed E-state index contributed by atoms with van der Waals surface area (Å²) in [7, 11) is 0. The maximum absolute atomic E-state index is 11.8. The summed E-state index contributed by atoms with van der Waals surface area (Å²) in [6, 6.07) is 9.80. The number of hydrogen-bond donors (Lipinski definition) is 2. The standard InChI is InChI=1S/C20H27N5O3/c1-3-27-17-8-6-5-7-16(17)23-19-21-12-9-18(24-19)22-15-10-13-25(14-11-15)20(26)28-4-2/h5-9,12,15H,3-4,10-11,13-14H2,1-2H3,(H2,21,22,23,24). The van der Waals surface area contributed by atoms with Gasteiger partial charge in [0.25, 0.3) is 0 Å². The van der Waals surface area contributed by atoms with Crippen LogP contribution >= 0.6 is 0 Å². The SMILES string of the molecule is CCOC(=O)N1CCC(Nc2ccnc(Nc3ccccc3OCC)n2)CC1. The van der Waals surface area contributed by atoms with Crippen molar-refractivity contribution in [1.82, 2.24) is 14.9 Å². The van der Waals surface area contributed by atoms with Crippen molar-refractivity contribution in [3.8, 4) is 5.75 Å². The number of amides is 1. The monoisotopic (exact) mass is 385 g/mol. The van der Waals surface area contributed by atoms with Gasteiger partial charge in [-0.3, -0.25) is 0 Å². The van der Waals surface area contributed by atoms with Crippen LogP contribution in [0.3, 0.4) is 0 Å². The lowest BCUT2D eigenvalue weighted by molar-refractivity contribution is 0.0983. The fourth-order valence-corrected chi connectivity index (χ4v) is 3.10. The molecule has 1 aromatic carbocycles. The van der Waals surface area contributed by atoms with E-state index < -0.39 is 0 Å². The first-order valence-corrected chi connectivity index (χ1v) is 9.69. The van der Waals surface area contributed by atoms with Gasteiger partial charge in [-0.1, -0.05) is 12.1 Å². The van der Waals surface area contributed by atoms with E-state index >= 15 is 0 Å². The van der Waals surface area contributed by atoms with Gasteiger partial charge in [0.2, 0.25) is 5.95 Å². The zero-order chi connectivity index (χ0) is 19.8. The van der Waals surface area contributed by atoms with Crippen LogP contribution in [0, 0.1) is 0 Å². The van der Waals surface area contributed by atoms with E-state index in [0.29, 0.717) is 32.3 Å². The summed E-state index contributed by atoms with van der Waals surface area (Å²) < 4.78 is 10.7. The summed E-state index contributed by atoms with van der Waals surface area (Å²) in [6.45, 7) is 6.11. The Morgan fingerprint density at radius 1 is 1.18 bits per heavy atom. The van der Waals surface area contributed by atoms with Gasteiger partial charge in [0.15, 0.2) is 0 Å². The minimum Gasteiger partial charge on any atom is -0.492 e. The third-order valence-electron chi connectivity index (χ3n) is 4.46. The molecule has 3 rings (SSSR count). The number of rotatable bonds is 7. The number of ether oxygens (including phenoxy) is 2. The van der Waals surface area contributed by atoms with Crippen LogP contribution in [0.5, 0.6) is 5.75 Å². The first kappa shape index (κ1) is 19.7. The highest BCUT2D eigenvalue weighted by atomic mass is 16.6. The van der Waals surface area contributed by atoms with E-state index in [1.165, 1.54) is 0 Å². The lowest BCUT2D eigenvalue weighted by atomic mass is 10.1. The molecule has 1 fully saturated rings. The number of aromatic nitrogens is 2. The summed E-state index contributed by atoms with van der Waals surface area (Å²) in [6.07, 6.45) is 3.18. The van der Waals surface area contributed by atoms with Crippen LogP contribution in [0.4, 0.5) is 22.2 Å². The molecule has 1 aromatic heterocycles. The molecular formula is C20H27N5O3. The highest BCUT2D eigenvalue weighted by Gasteiger charge is 2.23. The Hall–Kier alpha value is -3.03. The Bertz CT molecular complexity index is 778. The molecule has 2 N–H and O–H groups in total. The maximum atomic E-state index is 11.8. The number of nitrogens with one attached hydrogen (secondary N) is 2. The Kier molecular flexibility index (Phi) is 6.89. The number of benzene rings is 1. The molecule has 1 saturated heterocycles. The van der Waals surface area contributed by atoms with E-state index in [4.69, 9.17) is 9.47 Å². The van der Waals surface area contributed by atoms with Crippen LogP contribution in [0.1, 0.15) is 26.7 Å². The second-order valence-electron chi connectivity index (χ2n) is 6.42. The highest BCUT2D eigenvalue weighted by molar-refractivity contribution is 5.67. The third-order valence-corrected chi connectivity index (χ3v) is 4.46. The smallest absolute Gasteiger partial charge is 0.409 e. The molecule has 2 heterocycles. The van der Waals surface area contributed by atoms with E-state index in [2.05, 4.69) is 20.6 Å². The lowest BCUT2D eigenvalue weighted by Crippen LogP contribution is -2.42. The zero-order valence-corrected chi connectivity index (χ0v) is 16.4. The Balaban J connectivity index is 1.58. The van der Waals surface area contributed by atoms with Gasteiger partial charge >= 0.3 is 6.09 Å². The van der Waals surface area contributed by atoms with Gasteiger partial charge in [-0.2, -0.15) is 4.98 Å². The fraction of sp³-hybridized carbons (Fsp3) is 0.450. The normalized spacial score (nSPS) is 14.4. The first-order chi connectivity index (χ1) is 13.7. The molecule has 8 nitrogen and oxygen atoms in total. The highest BCUT2D eigenvalue weighted by Crippen LogP contribution is 2.26. The van der Waals surface area contributed by atoms with Crippen molar-refractivity contribution >= 4 is 23.5 Å². The molecule has 0 aliphatic carbocycles. The number of nitrogens with zero attached hydrogens (tertiary/aromatic N) is 3. The second-order valence-corrected chi connectivity index (χ2v) is 6.42. The van der Waals surface area contributed by atoms with E-state index in [9.17, 15) is 4.79 Å². The Morgan fingerprint density at radius 3 is 2.71 bits per heavy atom. The number of anilines is 3.